The molecule has 0 aliphatic rings. The fourth-order valence-corrected chi connectivity index (χ4v) is 1.28. The molecular formula is C20H24N4O3S. The van der Waals surface area contributed by atoms with E-state index < -0.39 is 0 Å². The SMILES string of the molecule is N=C(N)N.N=C=S.Oc1ccccc1.Oc1ccccc1.Oc1ccccc1. The Morgan fingerprint density at radius 2 is 0.786 bits per heavy atom. The van der Waals surface area contributed by atoms with E-state index in [0.717, 1.165) is 0 Å². The van der Waals surface area contributed by atoms with E-state index in [2.05, 4.69) is 23.7 Å². The van der Waals surface area contributed by atoms with Gasteiger partial charge >= 0.3 is 0 Å². The van der Waals surface area contributed by atoms with Crippen molar-refractivity contribution in [2.45, 2.75) is 0 Å². The molecule has 0 saturated heterocycles. The number of hydrogen-bond donors (Lipinski definition) is 7. The smallest absolute Gasteiger partial charge is 0.183 e. The summed E-state index contributed by atoms with van der Waals surface area (Å²) in [6.07, 6.45) is 0. The van der Waals surface area contributed by atoms with Crippen molar-refractivity contribution in [3.8, 4) is 17.2 Å². The number of guanidine groups is 1. The number of benzene rings is 3. The molecule has 7 nitrogen and oxygen atoms in total. The maximum absolute atomic E-state index is 8.63. The number of phenolic OH excluding ortho intramolecular Hbond substituents is 3. The molecule has 3 rings (SSSR count). The summed E-state index contributed by atoms with van der Waals surface area (Å²) in [5, 5.41) is 39.3. The molecule has 0 bridgehead atoms. The molecule has 3 aromatic carbocycles. The molecule has 0 saturated carbocycles. The van der Waals surface area contributed by atoms with Crippen LogP contribution >= 0.6 is 12.2 Å². The maximum Gasteiger partial charge on any atom is 0.183 e. The lowest BCUT2D eigenvalue weighted by molar-refractivity contribution is 0.475. The van der Waals surface area contributed by atoms with Crippen molar-refractivity contribution in [2.24, 2.45) is 11.5 Å². The standard InChI is InChI=1S/3C6H6O.CH5N3.CHNS/c3*7-6-4-2-1-3-5-6;2-1(3)4;2-1-3/h3*1-5,7H;(H5,2,3,4);2H. The molecule has 0 aromatic heterocycles. The third kappa shape index (κ3) is 24.4. The van der Waals surface area contributed by atoms with Crippen LogP contribution in [0.5, 0.6) is 17.2 Å². The molecule has 0 aliphatic carbocycles. The van der Waals surface area contributed by atoms with E-state index in [1.54, 1.807) is 78.0 Å². The van der Waals surface area contributed by atoms with Crippen molar-refractivity contribution in [1.29, 1.82) is 10.8 Å². The largest absolute Gasteiger partial charge is 0.508 e. The van der Waals surface area contributed by atoms with Gasteiger partial charge in [0.2, 0.25) is 0 Å². The third-order valence-electron chi connectivity index (χ3n) is 2.27. The molecule has 0 atom stereocenters. The van der Waals surface area contributed by atoms with Gasteiger partial charge in [-0.3, -0.25) is 5.41 Å². The predicted octanol–water partition coefficient (Wildman–Crippen LogP) is 3.68. The van der Waals surface area contributed by atoms with Crippen molar-refractivity contribution in [3.63, 3.8) is 0 Å². The second kappa shape index (κ2) is 19.5. The first-order chi connectivity index (χ1) is 13.3. The van der Waals surface area contributed by atoms with E-state index in [4.69, 9.17) is 26.1 Å². The Labute approximate surface area is 169 Å². The van der Waals surface area contributed by atoms with Crippen LogP contribution in [0.3, 0.4) is 0 Å². The lowest BCUT2D eigenvalue weighted by Crippen LogP contribution is -2.20. The average Bonchev–Trinajstić information content (AvgIpc) is 2.65. The zero-order valence-electron chi connectivity index (χ0n) is 15.1. The minimum atomic E-state index is -0.333. The highest BCUT2D eigenvalue weighted by Gasteiger charge is 1.76. The van der Waals surface area contributed by atoms with Gasteiger partial charge in [0.1, 0.15) is 17.2 Å². The summed E-state index contributed by atoms with van der Waals surface area (Å²) in [5.41, 5.74) is 8.94. The van der Waals surface area contributed by atoms with Gasteiger partial charge in [0.05, 0.1) is 5.16 Å². The average molecular weight is 401 g/mol. The number of thiocarbonyl (C=S) groups is 1. The monoisotopic (exact) mass is 400 g/mol. The Kier molecular flexibility index (Phi) is 18.3. The van der Waals surface area contributed by atoms with Crippen molar-refractivity contribution in [1.82, 2.24) is 0 Å². The van der Waals surface area contributed by atoms with Gasteiger partial charge in [-0.15, -0.1) is 0 Å². The van der Waals surface area contributed by atoms with Crippen LogP contribution in [0.4, 0.5) is 0 Å². The van der Waals surface area contributed by atoms with E-state index in [9.17, 15) is 0 Å². The molecule has 148 valence electrons. The van der Waals surface area contributed by atoms with Gasteiger partial charge in [0, 0.05) is 0 Å². The number of phenols is 3. The van der Waals surface area contributed by atoms with Gasteiger partial charge in [0.25, 0.3) is 0 Å². The van der Waals surface area contributed by atoms with Crippen molar-refractivity contribution in [2.75, 3.05) is 0 Å². The number of aromatic hydroxyl groups is 3. The summed E-state index contributed by atoms with van der Waals surface area (Å²) < 4.78 is 0. The molecule has 0 radical (unpaired) electrons. The Balaban J connectivity index is 0. The molecule has 0 fully saturated rings. The lowest BCUT2D eigenvalue weighted by Gasteiger charge is -1.82. The molecule has 0 aliphatic heterocycles. The van der Waals surface area contributed by atoms with E-state index >= 15 is 0 Å². The molecule has 0 amide bonds. The molecule has 9 N–H and O–H groups in total. The summed E-state index contributed by atoms with van der Waals surface area (Å²) >= 11 is 3.81. The summed E-state index contributed by atoms with van der Waals surface area (Å²) in [5.74, 6) is 0.632. The fraction of sp³-hybridized carbons (Fsp3) is 0. The van der Waals surface area contributed by atoms with Gasteiger partial charge in [-0.1, -0.05) is 54.6 Å². The number of nitrogens with one attached hydrogen (secondary N) is 2. The molecule has 0 spiro atoms. The number of rotatable bonds is 0. The second-order valence-corrected chi connectivity index (χ2v) is 4.77. The van der Waals surface area contributed by atoms with E-state index in [1.807, 2.05) is 18.2 Å². The van der Waals surface area contributed by atoms with Gasteiger partial charge in [-0.05, 0) is 48.6 Å². The molecule has 3 aromatic rings. The normalized spacial score (nSPS) is 7.57. The van der Waals surface area contributed by atoms with E-state index in [1.165, 1.54) is 0 Å². The van der Waals surface area contributed by atoms with E-state index in [0.29, 0.717) is 17.2 Å². The zero-order chi connectivity index (χ0) is 21.6. The van der Waals surface area contributed by atoms with Crippen LogP contribution in [0.2, 0.25) is 0 Å². The van der Waals surface area contributed by atoms with Crippen LogP contribution in [0, 0.1) is 10.8 Å². The van der Waals surface area contributed by atoms with Crippen LogP contribution in [0.15, 0.2) is 91.0 Å². The highest BCUT2D eigenvalue weighted by atomic mass is 32.1. The molecule has 28 heavy (non-hydrogen) atoms. The number of nitrogens with two attached hydrogens (primary N) is 2. The number of para-hydroxylation sites is 3. The fourth-order valence-electron chi connectivity index (χ4n) is 1.28. The minimum absolute atomic E-state index is 0.322. The van der Waals surface area contributed by atoms with Gasteiger partial charge in [-0.2, -0.15) is 0 Å². The summed E-state index contributed by atoms with van der Waals surface area (Å²) in [6, 6.07) is 26.1. The van der Waals surface area contributed by atoms with Crippen LogP contribution in [-0.4, -0.2) is 26.4 Å². The Morgan fingerprint density at radius 1 is 0.643 bits per heavy atom. The Hall–Kier alpha value is -3.87. The van der Waals surface area contributed by atoms with Crippen molar-refractivity contribution < 1.29 is 15.3 Å². The van der Waals surface area contributed by atoms with Crippen LogP contribution < -0.4 is 11.5 Å². The molecule has 8 heteroatoms. The van der Waals surface area contributed by atoms with Crippen molar-refractivity contribution in [3.05, 3.63) is 91.0 Å². The first-order valence-electron chi connectivity index (χ1n) is 7.68. The topological polar surface area (TPSA) is 160 Å². The summed E-state index contributed by atoms with van der Waals surface area (Å²) in [6.45, 7) is 0. The van der Waals surface area contributed by atoms with Gasteiger partial charge in [0.15, 0.2) is 5.96 Å². The first kappa shape index (κ1) is 26.4. The highest BCUT2D eigenvalue weighted by molar-refractivity contribution is 7.78. The van der Waals surface area contributed by atoms with Gasteiger partial charge in [-0.25, -0.2) is 5.41 Å². The Bertz CT molecular complexity index is 674. The van der Waals surface area contributed by atoms with Crippen LogP contribution in [0.1, 0.15) is 0 Å². The van der Waals surface area contributed by atoms with E-state index in [-0.39, 0.29) is 5.96 Å². The lowest BCUT2D eigenvalue weighted by atomic mass is 10.3. The van der Waals surface area contributed by atoms with Crippen LogP contribution in [0.25, 0.3) is 0 Å². The van der Waals surface area contributed by atoms with Crippen LogP contribution in [-0.2, 0) is 0 Å². The first-order valence-corrected chi connectivity index (χ1v) is 8.09. The minimum Gasteiger partial charge on any atom is -0.508 e. The quantitative estimate of drug-likeness (QED) is 0.173. The second-order valence-electron chi connectivity index (χ2n) is 4.56. The highest BCUT2D eigenvalue weighted by Crippen LogP contribution is 2.04. The number of isothiocyanates is 1. The predicted molar refractivity (Wildman–Crippen MR) is 116 cm³/mol. The third-order valence-corrected chi connectivity index (χ3v) is 2.27. The number of hydrogen-bond acceptors (Lipinski definition) is 6. The maximum atomic E-state index is 8.63. The molecule has 0 heterocycles. The molecule has 0 unspecified atom stereocenters. The zero-order valence-corrected chi connectivity index (χ0v) is 15.9. The van der Waals surface area contributed by atoms with Crippen molar-refractivity contribution >= 4 is 23.3 Å². The Morgan fingerprint density at radius 3 is 0.857 bits per heavy atom. The van der Waals surface area contributed by atoms with Gasteiger partial charge < -0.3 is 26.8 Å². The molecular weight excluding hydrogens is 376 g/mol. The summed E-state index contributed by atoms with van der Waals surface area (Å²) in [4.78, 5) is 0. The summed E-state index contributed by atoms with van der Waals surface area (Å²) in [7, 11) is 0.